The second-order valence-electron chi connectivity index (χ2n) is 9.19. The average molecular weight is 543 g/mol. The van der Waals surface area contributed by atoms with Crippen molar-refractivity contribution < 1.29 is 14.3 Å². The van der Waals surface area contributed by atoms with Crippen molar-refractivity contribution in [1.29, 1.82) is 0 Å². The van der Waals surface area contributed by atoms with E-state index >= 15 is 0 Å². The Morgan fingerprint density at radius 3 is 2.47 bits per heavy atom. The van der Waals surface area contributed by atoms with Gasteiger partial charge in [-0.25, -0.2) is 4.79 Å². The molecule has 8 heteroatoms. The van der Waals surface area contributed by atoms with Crippen LogP contribution in [-0.2, 0) is 4.74 Å². The van der Waals surface area contributed by atoms with Crippen LogP contribution in [0.25, 0.3) is 32.1 Å². The Hall–Kier alpha value is -2.84. The largest absolute Gasteiger partial charge is 0.496 e. The molecule has 34 heavy (non-hydrogen) atoms. The Kier molecular flexibility index (Phi) is 6.48. The van der Waals surface area contributed by atoms with Gasteiger partial charge in [0.05, 0.1) is 18.7 Å². The van der Waals surface area contributed by atoms with Crippen LogP contribution in [0.3, 0.4) is 0 Å². The van der Waals surface area contributed by atoms with E-state index in [0.29, 0.717) is 10.4 Å². The average Bonchev–Trinajstić information content (AvgIpc) is 3.28. The summed E-state index contributed by atoms with van der Waals surface area (Å²) in [5.74, 6) is 0.700. The number of aromatic nitrogens is 1. The SMILES string of the molecule is COc1cc(Br)c2[nH]c(=O)c3sccc3c2c1-c1ccc(C(C)N(C)C(=O)OC(C)(C)C)cc1. The molecule has 0 bridgehead atoms. The first kappa shape index (κ1) is 24.3. The number of carbonyl (C=O) groups excluding carboxylic acids is 1. The third-order valence-electron chi connectivity index (χ3n) is 5.79. The van der Waals surface area contributed by atoms with Crippen molar-refractivity contribution in [2.75, 3.05) is 14.2 Å². The van der Waals surface area contributed by atoms with Gasteiger partial charge in [-0.15, -0.1) is 11.3 Å². The number of pyridine rings is 1. The van der Waals surface area contributed by atoms with Crippen LogP contribution < -0.4 is 10.3 Å². The lowest BCUT2D eigenvalue weighted by Gasteiger charge is -2.29. The smallest absolute Gasteiger partial charge is 0.410 e. The molecule has 0 saturated heterocycles. The van der Waals surface area contributed by atoms with Crippen LogP contribution in [0.5, 0.6) is 5.75 Å². The molecule has 0 aliphatic heterocycles. The van der Waals surface area contributed by atoms with Crippen molar-refractivity contribution in [3.05, 3.63) is 62.2 Å². The molecule has 0 saturated carbocycles. The molecule has 1 amide bonds. The quantitative estimate of drug-likeness (QED) is 0.298. The summed E-state index contributed by atoms with van der Waals surface area (Å²) in [6.07, 6.45) is -0.367. The van der Waals surface area contributed by atoms with E-state index in [9.17, 15) is 9.59 Å². The zero-order valence-electron chi connectivity index (χ0n) is 20.0. The van der Waals surface area contributed by atoms with Gasteiger partial charge in [0.25, 0.3) is 5.56 Å². The van der Waals surface area contributed by atoms with Crippen LogP contribution >= 0.6 is 27.3 Å². The lowest BCUT2D eigenvalue weighted by atomic mass is 9.95. The molecule has 178 valence electrons. The molecule has 4 aromatic rings. The molecule has 0 aliphatic carbocycles. The number of amides is 1. The number of rotatable bonds is 4. The summed E-state index contributed by atoms with van der Waals surface area (Å²) >= 11 is 5.01. The van der Waals surface area contributed by atoms with Crippen LogP contribution in [0.1, 0.15) is 39.3 Å². The Labute approximate surface area is 210 Å². The number of hydrogen-bond donors (Lipinski definition) is 1. The minimum absolute atomic E-state index is 0.108. The third-order valence-corrected chi connectivity index (χ3v) is 7.33. The molecule has 0 radical (unpaired) electrons. The first-order valence-electron chi connectivity index (χ1n) is 10.9. The van der Waals surface area contributed by atoms with Gasteiger partial charge < -0.3 is 19.4 Å². The maximum Gasteiger partial charge on any atom is 0.410 e. The number of hydrogen-bond acceptors (Lipinski definition) is 5. The summed E-state index contributed by atoms with van der Waals surface area (Å²) in [6.45, 7) is 7.53. The standard InChI is InChI=1S/C26H27BrN2O4S/c1-14(29(5)25(31)33-26(2,3)4)15-7-9-16(10-8-15)20-19(32-6)13-18(27)22-21(20)17-11-12-34-23(17)24(30)28-22/h7-14H,1-6H3,(H,28,30). The summed E-state index contributed by atoms with van der Waals surface area (Å²) in [5, 5.41) is 3.74. The molecule has 4 rings (SSSR count). The number of H-pyrrole nitrogens is 1. The predicted octanol–water partition coefficient (Wildman–Crippen LogP) is 7.11. The number of nitrogens with one attached hydrogen (secondary N) is 1. The highest BCUT2D eigenvalue weighted by Gasteiger charge is 2.24. The van der Waals surface area contributed by atoms with E-state index in [1.54, 1.807) is 19.1 Å². The van der Waals surface area contributed by atoms with Crippen LogP contribution in [0.2, 0.25) is 0 Å². The van der Waals surface area contributed by atoms with Gasteiger partial charge >= 0.3 is 6.09 Å². The highest BCUT2D eigenvalue weighted by Crippen LogP contribution is 2.43. The van der Waals surface area contributed by atoms with Gasteiger partial charge in [0.15, 0.2) is 0 Å². The molecule has 2 aromatic heterocycles. The Morgan fingerprint density at radius 1 is 1.18 bits per heavy atom. The molecule has 2 heterocycles. The van der Waals surface area contributed by atoms with Crippen molar-refractivity contribution in [1.82, 2.24) is 9.88 Å². The van der Waals surface area contributed by atoms with Gasteiger partial charge in [0.2, 0.25) is 0 Å². The minimum Gasteiger partial charge on any atom is -0.496 e. The van der Waals surface area contributed by atoms with E-state index in [4.69, 9.17) is 9.47 Å². The van der Waals surface area contributed by atoms with Crippen LogP contribution in [0, 0.1) is 0 Å². The Morgan fingerprint density at radius 2 is 1.85 bits per heavy atom. The van der Waals surface area contributed by atoms with Gasteiger partial charge in [-0.1, -0.05) is 24.3 Å². The van der Waals surface area contributed by atoms with Crippen molar-refractivity contribution in [2.45, 2.75) is 39.3 Å². The first-order valence-corrected chi connectivity index (χ1v) is 12.5. The Balaban J connectivity index is 1.80. The number of aromatic amines is 1. The first-order chi connectivity index (χ1) is 16.0. The van der Waals surface area contributed by atoms with Gasteiger partial charge in [0, 0.05) is 27.9 Å². The Bertz CT molecular complexity index is 1430. The van der Waals surface area contributed by atoms with Crippen LogP contribution in [-0.4, -0.2) is 35.7 Å². The summed E-state index contributed by atoms with van der Waals surface area (Å²) in [6, 6.07) is 11.7. The van der Waals surface area contributed by atoms with Crippen molar-refractivity contribution in [2.24, 2.45) is 0 Å². The van der Waals surface area contributed by atoms with Crippen molar-refractivity contribution in [3.8, 4) is 16.9 Å². The maximum atomic E-state index is 12.6. The highest BCUT2D eigenvalue weighted by molar-refractivity contribution is 9.10. The monoisotopic (exact) mass is 542 g/mol. The molecule has 0 spiro atoms. The normalized spacial score (nSPS) is 12.7. The van der Waals surface area contributed by atoms with Crippen molar-refractivity contribution in [3.63, 3.8) is 0 Å². The fourth-order valence-electron chi connectivity index (χ4n) is 3.96. The van der Waals surface area contributed by atoms with Crippen LogP contribution in [0.4, 0.5) is 4.79 Å². The molecule has 0 aliphatic rings. The summed E-state index contributed by atoms with van der Waals surface area (Å²) in [5.41, 5.74) is 2.90. The summed E-state index contributed by atoms with van der Waals surface area (Å²) < 4.78 is 12.7. The summed E-state index contributed by atoms with van der Waals surface area (Å²) in [4.78, 5) is 29.7. The molecule has 0 fully saturated rings. The number of benzene rings is 2. The second-order valence-corrected chi connectivity index (χ2v) is 11.0. The molecule has 2 aromatic carbocycles. The van der Waals surface area contributed by atoms with Gasteiger partial charge in [-0.3, -0.25) is 4.79 Å². The topological polar surface area (TPSA) is 71.6 Å². The maximum absolute atomic E-state index is 12.6. The molecule has 1 unspecified atom stereocenters. The fourth-order valence-corrected chi connectivity index (χ4v) is 5.26. The third kappa shape index (κ3) is 4.44. The molecular weight excluding hydrogens is 516 g/mol. The van der Waals surface area contributed by atoms with E-state index in [-0.39, 0.29) is 17.7 Å². The van der Waals surface area contributed by atoms with E-state index in [1.165, 1.54) is 11.3 Å². The van der Waals surface area contributed by atoms with E-state index in [1.807, 2.05) is 69.5 Å². The minimum atomic E-state index is -0.553. The summed E-state index contributed by atoms with van der Waals surface area (Å²) in [7, 11) is 3.38. The second kappa shape index (κ2) is 9.07. The van der Waals surface area contributed by atoms with Gasteiger partial charge in [-0.2, -0.15) is 0 Å². The van der Waals surface area contributed by atoms with Crippen molar-refractivity contribution >= 4 is 54.3 Å². The molecule has 1 N–H and O–H groups in total. The number of ether oxygens (including phenoxy) is 2. The molecular formula is C26H27BrN2O4S. The zero-order valence-corrected chi connectivity index (χ0v) is 22.4. The van der Waals surface area contributed by atoms with Crippen LogP contribution in [0.15, 0.2) is 51.0 Å². The number of carbonyl (C=O) groups is 1. The number of thiophene rings is 1. The number of fused-ring (bicyclic) bond motifs is 3. The van der Waals surface area contributed by atoms with E-state index < -0.39 is 5.60 Å². The number of methoxy groups -OCH3 is 1. The van der Waals surface area contributed by atoms with Gasteiger partial charge in [-0.05, 0) is 72.3 Å². The molecule has 1 atom stereocenters. The van der Waals surface area contributed by atoms with Gasteiger partial charge in [0.1, 0.15) is 16.1 Å². The lowest BCUT2D eigenvalue weighted by Crippen LogP contribution is -2.35. The lowest BCUT2D eigenvalue weighted by molar-refractivity contribution is 0.0234. The van der Waals surface area contributed by atoms with E-state index in [2.05, 4.69) is 20.9 Å². The molecule has 6 nitrogen and oxygen atoms in total. The highest BCUT2D eigenvalue weighted by atomic mass is 79.9. The fraction of sp³-hybridized carbons (Fsp3) is 0.308. The number of nitrogens with zero attached hydrogens (tertiary/aromatic N) is 1. The predicted molar refractivity (Wildman–Crippen MR) is 142 cm³/mol. The zero-order chi connectivity index (χ0) is 24.8. The number of halogens is 1. The van der Waals surface area contributed by atoms with E-state index in [0.717, 1.165) is 37.5 Å².